The van der Waals surface area contributed by atoms with Crippen LogP contribution in [0.3, 0.4) is 0 Å². The monoisotopic (exact) mass is 382 g/mol. The molecule has 0 saturated carbocycles. The van der Waals surface area contributed by atoms with E-state index >= 15 is 0 Å². The lowest BCUT2D eigenvalue weighted by Crippen LogP contribution is -2.20. The van der Waals surface area contributed by atoms with E-state index in [1.54, 1.807) is 0 Å². The van der Waals surface area contributed by atoms with E-state index in [1.165, 1.54) is 0 Å². The molecule has 2 aromatic heterocycles. The second-order valence-corrected chi connectivity index (χ2v) is 7.30. The minimum atomic E-state index is 0.475. The summed E-state index contributed by atoms with van der Waals surface area (Å²) in [5, 5.41) is 8.33. The summed E-state index contributed by atoms with van der Waals surface area (Å²) in [4.78, 5) is 6.87. The molecular formula is C21H23ClN4O. The molecule has 1 N–H and O–H groups in total. The highest BCUT2D eigenvalue weighted by molar-refractivity contribution is 6.32. The van der Waals surface area contributed by atoms with Crippen molar-refractivity contribution in [2.24, 2.45) is 0 Å². The van der Waals surface area contributed by atoms with Crippen molar-refractivity contribution in [1.29, 1.82) is 0 Å². The van der Waals surface area contributed by atoms with Gasteiger partial charge in [0.15, 0.2) is 0 Å². The van der Waals surface area contributed by atoms with Gasteiger partial charge in [-0.3, -0.25) is 15.0 Å². The van der Waals surface area contributed by atoms with E-state index in [0.717, 1.165) is 55.3 Å². The summed E-state index contributed by atoms with van der Waals surface area (Å²) in [6.45, 7) is 3.58. The van der Waals surface area contributed by atoms with Crippen molar-refractivity contribution in [2.45, 2.75) is 25.3 Å². The van der Waals surface area contributed by atoms with Crippen molar-refractivity contribution < 1.29 is 4.74 Å². The molecular weight excluding hydrogens is 360 g/mol. The molecule has 3 aromatic rings. The SMILES string of the molecule is Clc1ccccc1OCCc1cc([C@H]2CCN(Cc3ccccn3)C2)n[nH]1. The minimum Gasteiger partial charge on any atom is -0.492 e. The Bertz CT molecular complexity index is 867. The third-order valence-electron chi connectivity index (χ3n) is 4.92. The molecule has 1 atom stereocenters. The molecule has 0 spiro atoms. The van der Waals surface area contributed by atoms with Gasteiger partial charge in [0.05, 0.1) is 23.0 Å². The smallest absolute Gasteiger partial charge is 0.137 e. The number of halogens is 1. The van der Waals surface area contributed by atoms with E-state index in [0.29, 0.717) is 17.5 Å². The number of para-hydroxylation sites is 1. The van der Waals surface area contributed by atoms with Gasteiger partial charge in [0.1, 0.15) is 5.75 Å². The maximum absolute atomic E-state index is 6.11. The van der Waals surface area contributed by atoms with Gasteiger partial charge in [-0.25, -0.2) is 0 Å². The summed E-state index contributed by atoms with van der Waals surface area (Å²) in [5.74, 6) is 1.20. The normalized spacial score (nSPS) is 17.3. The number of rotatable bonds is 7. The van der Waals surface area contributed by atoms with E-state index in [9.17, 15) is 0 Å². The zero-order chi connectivity index (χ0) is 18.5. The van der Waals surface area contributed by atoms with Crippen molar-refractivity contribution in [3.05, 3.63) is 76.8 Å². The molecule has 1 saturated heterocycles. The van der Waals surface area contributed by atoms with Crippen molar-refractivity contribution in [3.63, 3.8) is 0 Å². The highest BCUT2D eigenvalue weighted by atomic mass is 35.5. The van der Waals surface area contributed by atoms with Gasteiger partial charge < -0.3 is 4.74 Å². The predicted octanol–water partition coefficient (Wildman–Crippen LogP) is 4.07. The fourth-order valence-corrected chi connectivity index (χ4v) is 3.68. The number of nitrogens with one attached hydrogen (secondary N) is 1. The number of benzene rings is 1. The second kappa shape index (κ2) is 8.55. The average molecular weight is 383 g/mol. The molecule has 0 amide bonds. The first-order chi connectivity index (χ1) is 13.3. The van der Waals surface area contributed by atoms with Crippen LogP contribution < -0.4 is 4.74 Å². The van der Waals surface area contributed by atoms with Gasteiger partial charge in [-0.05, 0) is 43.3 Å². The molecule has 1 aliphatic rings. The van der Waals surface area contributed by atoms with Crippen LogP contribution in [0.25, 0.3) is 0 Å². The van der Waals surface area contributed by atoms with Crippen molar-refractivity contribution >= 4 is 11.6 Å². The predicted molar refractivity (Wildman–Crippen MR) is 106 cm³/mol. The fourth-order valence-electron chi connectivity index (χ4n) is 3.49. The summed E-state index contributed by atoms with van der Waals surface area (Å²) < 4.78 is 5.76. The molecule has 0 bridgehead atoms. The summed E-state index contributed by atoms with van der Waals surface area (Å²) in [7, 11) is 0. The summed E-state index contributed by atoms with van der Waals surface area (Å²) in [5.41, 5.74) is 3.36. The molecule has 1 aliphatic heterocycles. The van der Waals surface area contributed by atoms with Crippen LogP contribution in [-0.4, -0.2) is 39.8 Å². The standard InChI is InChI=1S/C21H23ClN4O/c22-19-6-1-2-7-21(19)27-12-9-17-13-20(25-24-17)16-8-11-26(14-16)15-18-5-3-4-10-23-18/h1-7,10,13,16H,8-9,11-12,14-15H2,(H,24,25)/t16-/m0/s1. The number of aromatic amines is 1. The fraction of sp³-hybridized carbons (Fsp3) is 0.333. The summed E-state index contributed by atoms with van der Waals surface area (Å²) >= 11 is 6.11. The third kappa shape index (κ3) is 4.67. The lowest BCUT2D eigenvalue weighted by atomic mass is 10.0. The van der Waals surface area contributed by atoms with Gasteiger partial charge in [0.2, 0.25) is 0 Å². The summed E-state index contributed by atoms with van der Waals surface area (Å²) in [6.07, 6.45) is 3.77. The maximum atomic E-state index is 6.11. The van der Waals surface area contributed by atoms with Crippen LogP contribution in [0, 0.1) is 0 Å². The first-order valence-corrected chi connectivity index (χ1v) is 9.69. The molecule has 0 radical (unpaired) electrons. The molecule has 6 heteroatoms. The molecule has 0 unspecified atom stereocenters. The van der Waals surface area contributed by atoms with Crippen LogP contribution >= 0.6 is 11.6 Å². The largest absolute Gasteiger partial charge is 0.492 e. The molecule has 27 heavy (non-hydrogen) atoms. The van der Waals surface area contributed by atoms with Gasteiger partial charge >= 0.3 is 0 Å². The van der Waals surface area contributed by atoms with E-state index in [2.05, 4.69) is 32.2 Å². The molecule has 3 heterocycles. The number of likely N-dealkylation sites (tertiary alicyclic amines) is 1. The van der Waals surface area contributed by atoms with Crippen LogP contribution in [-0.2, 0) is 13.0 Å². The number of pyridine rings is 1. The lowest BCUT2D eigenvalue weighted by molar-refractivity contribution is 0.320. The van der Waals surface area contributed by atoms with Crippen molar-refractivity contribution in [3.8, 4) is 5.75 Å². The molecule has 4 rings (SSSR count). The first kappa shape index (κ1) is 18.0. The van der Waals surface area contributed by atoms with Gasteiger partial charge in [-0.15, -0.1) is 0 Å². The topological polar surface area (TPSA) is 54.0 Å². The van der Waals surface area contributed by atoms with E-state index in [-0.39, 0.29) is 0 Å². The Morgan fingerprint density at radius 3 is 2.93 bits per heavy atom. The molecule has 1 fully saturated rings. The molecule has 5 nitrogen and oxygen atoms in total. The third-order valence-corrected chi connectivity index (χ3v) is 5.23. The van der Waals surface area contributed by atoms with Gasteiger partial charge in [0.25, 0.3) is 0 Å². The second-order valence-electron chi connectivity index (χ2n) is 6.89. The van der Waals surface area contributed by atoms with E-state index < -0.39 is 0 Å². The number of nitrogens with zero attached hydrogens (tertiary/aromatic N) is 3. The van der Waals surface area contributed by atoms with Crippen LogP contribution in [0.1, 0.15) is 29.4 Å². The number of H-pyrrole nitrogens is 1. The highest BCUT2D eigenvalue weighted by Gasteiger charge is 2.26. The van der Waals surface area contributed by atoms with Gasteiger partial charge in [-0.2, -0.15) is 5.10 Å². The highest BCUT2D eigenvalue weighted by Crippen LogP contribution is 2.27. The van der Waals surface area contributed by atoms with Gasteiger partial charge in [0, 0.05) is 37.3 Å². The quantitative estimate of drug-likeness (QED) is 0.669. The number of hydrogen-bond acceptors (Lipinski definition) is 4. The Kier molecular flexibility index (Phi) is 5.70. The zero-order valence-corrected chi connectivity index (χ0v) is 15.9. The summed E-state index contributed by atoms with van der Waals surface area (Å²) in [6, 6.07) is 15.8. The Morgan fingerprint density at radius 2 is 2.07 bits per heavy atom. The Labute approximate surface area is 164 Å². The van der Waals surface area contributed by atoms with Gasteiger partial charge in [-0.1, -0.05) is 29.8 Å². The lowest BCUT2D eigenvalue weighted by Gasteiger charge is -2.14. The minimum absolute atomic E-state index is 0.475. The number of ether oxygens (including phenoxy) is 1. The Balaban J connectivity index is 1.27. The Hall–Kier alpha value is -2.37. The van der Waals surface area contributed by atoms with Crippen molar-refractivity contribution in [1.82, 2.24) is 20.1 Å². The van der Waals surface area contributed by atoms with Crippen LogP contribution in [0.2, 0.25) is 5.02 Å². The zero-order valence-electron chi connectivity index (χ0n) is 15.1. The molecule has 140 valence electrons. The van der Waals surface area contributed by atoms with Crippen molar-refractivity contribution in [2.75, 3.05) is 19.7 Å². The average Bonchev–Trinajstić information content (AvgIpc) is 3.34. The van der Waals surface area contributed by atoms with Crippen LogP contribution in [0.5, 0.6) is 5.75 Å². The Morgan fingerprint density at radius 1 is 1.19 bits per heavy atom. The molecule has 1 aromatic carbocycles. The van der Waals surface area contributed by atoms with Crippen LogP contribution in [0.15, 0.2) is 54.7 Å². The van der Waals surface area contributed by atoms with Crippen LogP contribution in [0.4, 0.5) is 0 Å². The first-order valence-electron chi connectivity index (χ1n) is 9.32. The van der Waals surface area contributed by atoms with E-state index in [4.69, 9.17) is 16.3 Å². The number of aromatic nitrogens is 3. The number of hydrogen-bond donors (Lipinski definition) is 1. The molecule has 0 aliphatic carbocycles. The maximum Gasteiger partial charge on any atom is 0.137 e. The van der Waals surface area contributed by atoms with E-state index in [1.807, 2.05) is 42.6 Å².